The lowest BCUT2D eigenvalue weighted by atomic mass is 9.89. The minimum absolute atomic E-state index is 0.0142. The number of hydrogen-bond acceptors (Lipinski definition) is 3. The molecular formula is C24H26N4O. The fourth-order valence-electron chi connectivity index (χ4n) is 4.58. The molecule has 3 aromatic rings. The number of rotatable bonds is 4. The monoisotopic (exact) mass is 386 g/mol. The molecule has 1 saturated heterocycles. The van der Waals surface area contributed by atoms with E-state index in [9.17, 15) is 4.79 Å². The fraction of sp³-hybridized carbons (Fsp3) is 0.333. The van der Waals surface area contributed by atoms with Gasteiger partial charge in [-0.1, -0.05) is 54.6 Å². The predicted octanol–water partition coefficient (Wildman–Crippen LogP) is 3.57. The van der Waals surface area contributed by atoms with E-state index in [1.54, 1.807) is 0 Å². The SMILES string of the molecule is O=C(NC1CCN(Cc2ccccc2)CC1)c1[nH]nc2c1CCc1ccccc1-2. The lowest BCUT2D eigenvalue weighted by molar-refractivity contribution is 0.0903. The van der Waals surface area contributed by atoms with Crippen LogP contribution in [0.1, 0.15) is 40.0 Å². The standard InChI is InChI=1S/C24H26N4O/c29-24(23-21-11-10-18-8-4-5-9-20(18)22(21)26-27-23)25-19-12-14-28(15-13-19)16-17-6-2-1-3-7-17/h1-9,19H,10-16H2,(H,25,29)(H,26,27). The number of fused-ring (bicyclic) bond motifs is 3. The van der Waals surface area contributed by atoms with Gasteiger partial charge in [-0.3, -0.25) is 14.8 Å². The molecule has 2 aromatic carbocycles. The lowest BCUT2D eigenvalue weighted by Crippen LogP contribution is -2.44. The Morgan fingerprint density at radius 3 is 2.62 bits per heavy atom. The van der Waals surface area contributed by atoms with Gasteiger partial charge in [0, 0.05) is 36.8 Å². The van der Waals surface area contributed by atoms with Crippen molar-refractivity contribution in [2.45, 2.75) is 38.3 Å². The Bertz CT molecular complexity index is 1000. The van der Waals surface area contributed by atoms with Crippen LogP contribution in [-0.2, 0) is 19.4 Å². The van der Waals surface area contributed by atoms with Gasteiger partial charge < -0.3 is 5.32 Å². The molecule has 2 aliphatic rings. The van der Waals surface area contributed by atoms with Gasteiger partial charge in [0.15, 0.2) is 0 Å². The summed E-state index contributed by atoms with van der Waals surface area (Å²) in [7, 11) is 0. The molecule has 1 aliphatic heterocycles. The molecule has 2 heterocycles. The van der Waals surface area contributed by atoms with Crippen molar-refractivity contribution in [3.05, 3.63) is 77.0 Å². The minimum atomic E-state index is -0.0142. The minimum Gasteiger partial charge on any atom is -0.348 e. The highest BCUT2D eigenvalue weighted by atomic mass is 16.2. The lowest BCUT2D eigenvalue weighted by Gasteiger charge is -2.32. The first-order valence-electron chi connectivity index (χ1n) is 10.5. The molecule has 0 unspecified atom stereocenters. The number of carbonyl (C=O) groups excluding carboxylic acids is 1. The van der Waals surface area contributed by atoms with E-state index in [4.69, 9.17) is 0 Å². The molecule has 5 rings (SSSR count). The topological polar surface area (TPSA) is 61.0 Å². The Morgan fingerprint density at radius 1 is 1.03 bits per heavy atom. The number of aromatic nitrogens is 2. The van der Waals surface area contributed by atoms with Crippen molar-refractivity contribution in [1.82, 2.24) is 20.4 Å². The molecule has 0 saturated carbocycles. The van der Waals surface area contributed by atoms with Crippen LogP contribution in [0.15, 0.2) is 54.6 Å². The van der Waals surface area contributed by atoms with Crippen LogP contribution in [0.2, 0.25) is 0 Å². The van der Waals surface area contributed by atoms with E-state index in [2.05, 4.69) is 68.9 Å². The van der Waals surface area contributed by atoms with Gasteiger partial charge in [0.05, 0.1) is 5.69 Å². The zero-order valence-corrected chi connectivity index (χ0v) is 16.5. The van der Waals surface area contributed by atoms with Crippen LogP contribution in [-0.4, -0.2) is 40.1 Å². The molecule has 5 heteroatoms. The maximum absolute atomic E-state index is 12.9. The molecule has 0 atom stereocenters. The van der Waals surface area contributed by atoms with E-state index in [0.717, 1.165) is 62.1 Å². The molecule has 29 heavy (non-hydrogen) atoms. The number of nitrogens with one attached hydrogen (secondary N) is 2. The third kappa shape index (κ3) is 3.70. The molecule has 0 spiro atoms. The first kappa shape index (κ1) is 18.1. The maximum Gasteiger partial charge on any atom is 0.269 e. The summed E-state index contributed by atoms with van der Waals surface area (Å²) in [5, 5.41) is 10.7. The maximum atomic E-state index is 12.9. The van der Waals surface area contributed by atoms with Crippen molar-refractivity contribution in [1.29, 1.82) is 0 Å². The van der Waals surface area contributed by atoms with Crippen molar-refractivity contribution in [3.8, 4) is 11.3 Å². The molecule has 0 radical (unpaired) electrons. The smallest absolute Gasteiger partial charge is 0.269 e. The van der Waals surface area contributed by atoms with Gasteiger partial charge >= 0.3 is 0 Å². The number of nitrogens with zero attached hydrogens (tertiary/aromatic N) is 2. The van der Waals surface area contributed by atoms with Crippen LogP contribution in [0.25, 0.3) is 11.3 Å². The van der Waals surface area contributed by atoms with Gasteiger partial charge in [-0.05, 0) is 36.8 Å². The van der Waals surface area contributed by atoms with Crippen LogP contribution < -0.4 is 5.32 Å². The number of hydrogen-bond donors (Lipinski definition) is 2. The third-order valence-corrected chi connectivity index (χ3v) is 6.18. The summed E-state index contributed by atoms with van der Waals surface area (Å²) in [5.41, 5.74) is 6.44. The van der Waals surface area contributed by atoms with Crippen molar-refractivity contribution >= 4 is 5.91 Å². The average molecular weight is 386 g/mol. The second-order valence-corrected chi connectivity index (χ2v) is 8.09. The van der Waals surface area contributed by atoms with E-state index in [1.165, 1.54) is 11.1 Å². The molecule has 148 valence electrons. The molecule has 0 bridgehead atoms. The highest BCUT2D eigenvalue weighted by Crippen LogP contribution is 2.33. The van der Waals surface area contributed by atoms with Crippen molar-refractivity contribution in [2.24, 2.45) is 0 Å². The van der Waals surface area contributed by atoms with Gasteiger partial charge in [-0.2, -0.15) is 5.10 Å². The summed E-state index contributed by atoms with van der Waals surface area (Å²) in [5.74, 6) is -0.0142. The number of likely N-dealkylation sites (tertiary alicyclic amines) is 1. The van der Waals surface area contributed by atoms with Crippen molar-refractivity contribution < 1.29 is 4.79 Å². The van der Waals surface area contributed by atoms with E-state index >= 15 is 0 Å². The molecule has 2 N–H and O–H groups in total. The predicted molar refractivity (Wildman–Crippen MR) is 114 cm³/mol. The number of aromatic amines is 1. The molecular weight excluding hydrogens is 360 g/mol. The largest absolute Gasteiger partial charge is 0.348 e. The van der Waals surface area contributed by atoms with E-state index < -0.39 is 0 Å². The summed E-state index contributed by atoms with van der Waals surface area (Å²) in [6, 6.07) is 19.1. The summed E-state index contributed by atoms with van der Waals surface area (Å²) < 4.78 is 0. The number of carbonyl (C=O) groups is 1. The quantitative estimate of drug-likeness (QED) is 0.721. The van der Waals surface area contributed by atoms with Crippen LogP contribution in [0, 0.1) is 0 Å². The number of aryl methyl sites for hydroxylation is 1. The summed E-state index contributed by atoms with van der Waals surface area (Å²) in [6.45, 7) is 3.00. The van der Waals surface area contributed by atoms with Crippen LogP contribution >= 0.6 is 0 Å². The number of H-pyrrole nitrogens is 1. The van der Waals surface area contributed by atoms with Crippen LogP contribution in [0.3, 0.4) is 0 Å². The van der Waals surface area contributed by atoms with Gasteiger partial charge in [-0.15, -0.1) is 0 Å². The fourth-order valence-corrected chi connectivity index (χ4v) is 4.58. The average Bonchev–Trinajstić information content (AvgIpc) is 3.21. The normalized spacial score (nSPS) is 16.8. The summed E-state index contributed by atoms with van der Waals surface area (Å²) in [6.07, 6.45) is 3.79. The first-order chi connectivity index (χ1) is 14.3. The zero-order valence-electron chi connectivity index (χ0n) is 16.5. The molecule has 1 fully saturated rings. The second-order valence-electron chi connectivity index (χ2n) is 8.09. The molecule has 5 nitrogen and oxygen atoms in total. The number of amides is 1. The summed E-state index contributed by atoms with van der Waals surface area (Å²) >= 11 is 0. The van der Waals surface area contributed by atoms with Crippen LogP contribution in [0.4, 0.5) is 0 Å². The van der Waals surface area contributed by atoms with E-state index in [-0.39, 0.29) is 11.9 Å². The van der Waals surface area contributed by atoms with Gasteiger partial charge in [0.25, 0.3) is 5.91 Å². The first-order valence-corrected chi connectivity index (χ1v) is 10.5. The van der Waals surface area contributed by atoms with Gasteiger partial charge in [-0.25, -0.2) is 0 Å². The number of benzene rings is 2. The summed E-state index contributed by atoms with van der Waals surface area (Å²) in [4.78, 5) is 15.4. The molecule has 1 amide bonds. The van der Waals surface area contributed by atoms with Crippen molar-refractivity contribution in [3.63, 3.8) is 0 Å². The zero-order chi connectivity index (χ0) is 19.6. The third-order valence-electron chi connectivity index (χ3n) is 6.18. The van der Waals surface area contributed by atoms with E-state index in [0.29, 0.717) is 5.69 Å². The highest BCUT2D eigenvalue weighted by Gasteiger charge is 2.27. The van der Waals surface area contributed by atoms with Crippen molar-refractivity contribution in [2.75, 3.05) is 13.1 Å². The molecule has 1 aromatic heterocycles. The molecule has 1 aliphatic carbocycles. The Hall–Kier alpha value is -2.92. The Balaban J connectivity index is 1.21. The van der Waals surface area contributed by atoms with Gasteiger partial charge in [0.1, 0.15) is 5.69 Å². The van der Waals surface area contributed by atoms with E-state index in [1.807, 2.05) is 6.07 Å². The Labute approximate surface area is 171 Å². The Morgan fingerprint density at radius 2 is 1.79 bits per heavy atom. The second kappa shape index (κ2) is 7.84. The number of piperidine rings is 1. The van der Waals surface area contributed by atoms with Gasteiger partial charge in [0.2, 0.25) is 0 Å². The highest BCUT2D eigenvalue weighted by molar-refractivity contribution is 5.96. The van der Waals surface area contributed by atoms with Crippen LogP contribution in [0.5, 0.6) is 0 Å². The Kier molecular flexibility index (Phi) is 4.90.